The molecule has 1 saturated heterocycles. The number of aliphatic hydroxyl groups is 1. The van der Waals surface area contributed by atoms with Gasteiger partial charge in [0, 0.05) is 13.8 Å². The number of hydrogen-bond acceptors (Lipinski definition) is 6. The van der Waals surface area contributed by atoms with Gasteiger partial charge in [-0.1, -0.05) is 0 Å². The summed E-state index contributed by atoms with van der Waals surface area (Å²) in [6.45, 7) is 1.30. The van der Waals surface area contributed by atoms with E-state index in [2.05, 4.69) is 0 Å². The quantitative estimate of drug-likeness (QED) is 0.667. The van der Waals surface area contributed by atoms with Crippen LogP contribution in [0.15, 0.2) is 0 Å². The van der Waals surface area contributed by atoms with Crippen molar-refractivity contribution in [1.82, 2.24) is 0 Å². The second-order valence-electron chi connectivity index (χ2n) is 3.37. The van der Waals surface area contributed by atoms with Gasteiger partial charge in [-0.25, -0.2) is 4.39 Å². The highest BCUT2D eigenvalue weighted by Crippen LogP contribution is 2.25. The van der Waals surface area contributed by atoms with Crippen LogP contribution in [0.5, 0.6) is 0 Å². The second kappa shape index (κ2) is 5.22. The second-order valence-corrected chi connectivity index (χ2v) is 3.37. The maximum Gasteiger partial charge on any atom is 0.303 e. The predicted octanol–water partition coefficient (Wildman–Crippen LogP) is -0.464. The molecule has 0 radical (unpaired) electrons. The summed E-state index contributed by atoms with van der Waals surface area (Å²) in [6, 6.07) is 0. The Bertz CT molecular complexity index is 281. The first kappa shape index (κ1) is 12.9. The average Bonchev–Trinajstić information content (AvgIpc) is 2.44. The van der Waals surface area contributed by atoms with Gasteiger partial charge in [0.25, 0.3) is 0 Å². The van der Waals surface area contributed by atoms with Crippen molar-refractivity contribution in [3.8, 4) is 0 Å². The first-order valence-electron chi connectivity index (χ1n) is 4.69. The highest BCUT2D eigenvalue weighted by molar-refractivity contribution is 5.67. The zero-order valence-electron chi connectivity index (χ0n) is 8.88. The summed E-state index contributed by atoms with van der Waals surface area (Å²) in [7, 11) is 0. The number of aliphatic hydroxyl groups excluding tert-OH is 1. The molecule has 4 atom stereocenters. The van der Waals surface area contributed by atoms with Gasteiger partial charge in [-0.2, -0.15) is 0 Å². The molecule has 0 aromatic rings. The van der Waals surface area contributed by atoms with Gasteiger partial charge in [0.1, 0.15) is 12.8 Å². The van der Waals surface area contributed by atoms with Crippen LogP contribution in [0.25, 0.3) is 0 Å². The van der Waals surface area contributed by atoms with Crippen LogP contribution in [0, 0.1) is 0 Å². The number of halogens is 1. The Morgan fingerprint density at radius 1 is 1.25 bits per heavy atom. The fraction of sp³-hybridized carbons (Fsp3) is 0.778. The molecule has 1 fully saturated rings. The number of esters is 2. The molecule has 1 aliphatic rings. The molecule has 1 N–H and O–H groups in total. The zero-order valence-corrected chi connectivity index (χ0v) is 8.88. The summed E-state index contributed by atoms with van der Waals surface area (Å²) >= 11 is 0. The molecule has 6 nitrogen and oxygen atoms in total. The monoisotopic (exact) mass is 236 g/mol. The predicted molar refractivity (Wildman–Crippen MR) is 48.0 cm³/mol. The zero-order chi connectivity index (χ0) is 12.3. The van der Waals surface area contributed by atoms with E-state index in [1.807, 2.05) is 0 Å². The van der Waals surface area contributed by atoms with E-state index in [9.17, 15) is 19.1 Å². The first-order valence-corrected chi connectivity index (χ1v) is 4.69. The van der Waals surface area contributed by atoms with Crippen LogP contribution in [0.4, 0.5) is 4.39 Å². The van der Waals surface area contributed by atoms with Gasteiger partial charge >= 0.3 is 11.9 Å². The molecular formula is C9H13FO6. The van der Waals surface area contributed by atoms with Crippen molar-refractivity contribution in [2.75, 3.05) is 6.67 Å². The van der Waals surface area contributed by atoms with E-state index in [0.29, 0.717) is 0 Å². The minimum atomic E-state index is -1.49. The van der Waals surface area contributed by atoms with Gasteiger partial charge in [0.2, 0.25) is 0 Å². The maximum atomic E-state index is 12.5. The van der Waals surface area contributed by atoms with Crippen LogP contribution in [0.2, 0.25) is 0 Å². The van der Waals surface area contributed by atoms with Crippen LogP contribution in [0.3, 0.4) is 0 Å². The van der Waals surface area contributed by atoms with E-state index in [0.717, 1.165) is 13.8 Å². The third-order valence-electron chi connectivity index (χ3n) is 2.04. The maximum absolute atomic E-state index is 12.5. The number of carbonyl (C=O) groups excluding carboxylic acids is 2. The van der Waals surface area contributed by atoms with Crippen LogP contribution in [-0.2, 0) is 23.8 Å². The van der Waals surface area contributed by atoms with Crippen molar-refractivity contribution in [3.63, 3.8) is 0 Å². The Hall–Kier alpha value is -1.21. The highest BCUT2D eigenvalue weighted by Gasteiger charge is 2.48. The Balaban J connectivity index is 2.76. The van der Waals surface area contributed by atoms with E-state index in [4.69, 9.17) is 14.2 Å². The largest absolute Gasteiger partial charge is 0.455 e. The lowest BCUT2D eigenvalue weighted by Crippen LogP contribution is -2.40. The van der Waals surface area contributed by atoms with Crippen molar-refractivity contribution in [3.05, 3.63) is 0 Å². The molecule has 92 valence electrons. The van der Waals surface area contributed by atoms with Crippen LogP contribution in [0.1, 0.15) is 13.8 Å². The average molecular weight is 236 g/mol. The summed E-state index contributed by atoms with van der Waals surface area (Å²) in [5.41, 5.74) is 0. The molecule has 0 bridgehead atoms. The Labute approximate surface area is 91.3 Å². The lowest BCUT2D eigenvalue weighted by atomic mass is 10.1. The van der Waals surface area contributed by atoms with Crippen LogP contribution >= 0.6 is 0 Å². The van der Waals surface area contributed by atoms with Crippen LogP contribution < -0.4 is 0 Å². The normalized spacial score (nSPS) is 33.5. The lowest BCUT2D eigenvalue weighted by Gasteiger charge is -2.20. The molecular weight excluding hydrogens is 223 g/mol. The number of carbonyl (C=O) groups is 2. The molecule has 7 heteroatoms. The van der Waals surface area contributed by atoms with E-state index < -0.39 is 43.2 Å². The fourth-order valence-electron chi connectivity index (χ4n) is 1.48. The Kier molecular flexibility index (Phi) is 4.19. The summed E-state index contributed by atoms with van der Waals surface area (Å²) in [4.78, 5) is 21.5. The molecule has 0 spiro atoms. The molecule has 0 unspecified atom stereocenters. The molecule has 1 aliphatic heterocycles. The van der Waals surface area contributed by atoms with E-state index in [1.54, 1.807) is 0 Å². The molecule has 0 aliphatic carbocycles. The standard InChI is InChI=1S/C9H13FO6/c1-4(11)14-7-6(3-10)16-9(13)8(7)15-5(2)12/h6-9,13H,3H2,1-2H3/t6-,7-,8+,9+/m1/s1. The summed E-state index contributed by atoms with van der Waals surface area (Å²) < 4.78 is 26.7. The number of hydrogen-bond donors (Lipinski definition) is 1. The van der Waals surface area contributed by atoms with Gasteiger partial charge < -0.3 is 19.3 Å². The number of alkyl halides is 1. The minimum absolute atomic E-state index is 0.668. The summed E-state index contributed by atoms with van der Waals surface area (Å²) in [6.07, 6.45) is -4.93. The molecule has 0 aromatic carbocycles. The van der Waals surface area contributed by atoms with Gasteiger partial charge in [-0.15, -0.1) is 0 Å². The fourth-order valence-corrected chi connectivity index (χ4v) is 1.48. The number of ether oxygens (including phenoxy) is 3. The molecule has 16 heavy (non-hydrogen) atoms. The minimum Gasteiger partial charge on any atom is -0.455 e. The molecule has 0 amide bonds. The van der Waals surface area contributed by atoms with Crippen molar-refractivity contribution in [1.29, 1.82) is 0 Å². The van der Waals surface area contributed by atoms with Crippen LogP contribution in [-0.4, -0.2) is 48.3 Å². The van der Waals surface area contributed by atoms with E-state index >= 15 is 0 Å². The first-order chi connectivity index (χ1) is 7.45. The Morgan fingerprint density at radius 3 is 2.19 bits per heavy atom. The molecule has 1 rings (SSSR count). The lowest BCUT2D eigenvalue weighted by molar-refractivity contribution is -0.174. The van der Waals surface area contributed by atoms with Gasteiger partial charge in [0.05, 0.1) is 0 Å². The summed E-state index contributed by atoms with van der Waals surface area (Å²) in [5, 5.41) is 9.37. The van der Waals surface area contributed by atoms with Gasteiger partial charge in [-0.05, 0) is 0 Å². The molecule has 1 heterocycles. The van der Waals surface area contributed by atoms with Crippen molar-refractivity contribution in [2.45, 2.75) is 38.4 Å². The van der Waals surface area contributed by atoms with E-state index in [1.165, 1.54) is 0 Å². The van der Waals surface area contributed by atoms with Crippen molar-refractivity contribution < 1.29 is 33.3 Å². The summed E-state index contributed by atoms with van der Waals surface area (Å²) in [5.74, 6) is -1.34. The third-order valence-corrected chi connectivity index (χ3v) is 2.04. The number of rotatable bonds is 3. The van der Waals surface area contributed by atoms with Gasteiger partial charge in [0.15, 0.2) is 18.5 Å². The molecule has 0 saturated carbocycles. The highest BCUT2D eigenvalue weighted by atomic mass is 19.1. The topological polar surface area (TPSA) is 82.1 Å². The van der Waals surface area contributed by atoms with Crippen molar-refractivity contribution in [2.24, 2.45) is 0 Å². The SMILES string of the molecule is CC(=O)O[C@H]1[C@H](OC(C)=O)[C@@H](CF)O[C@@H]1O. The third kappa shape index (κ3) is 2.89. The Morgan fingerprint density at radius 2 is 1.75 bits per heavy atom. The smallest absolute Gasteiger partial charge is 0.303 e. The molecule has 0 aromatic heterocycles. The van der Waals surface area contributed by atoms with Crippen molar-refractivity contribution >= 4 is 11.9 Å². The van der Waals surface area contributed by atoms with E-state index in [-0.39, 0.29) is 0 Å². The van der Waals surface area contributed by atoms with Gasteiger partial charge in [-0.3, -0.25) is 9.59 Å².